The molecule has 1 spiro atoms. The molecule has 0 bridgehead atoms. The second kappa shape index (κ2) is 7.08. The van der Waals surface area contributed by atoms with Gasteiger partial charge in [-0.2, -0.15) is 5.10 Å². The van der Waals surface area contributed by atoms with Crippen LogP contribution in [-0.4, -0.2) is 46.5 Å². The lowest BCUT2D eigenvalue weighted by Crippen LogP contribution is -2.46. The predicted octanol–water partition coefficient (Wildman–Crippen LogP) is 4.02. The smallest absolute Gasteiger partial charge is 0.253 e. The summed E-state index contributed by atoms with van der Waals surface area (Å²) in [5.41, 5.74) is 5.92. The molecule has 0 unspecified atom stereocenters. The molecule has 1 fully saturated rings. The number of hydrogen-bond acceptors (Lipinski definition) is 4. The maximum atomic E-state index is 13.2. The highest BCUT2D eigenvalue weighted by Crippen LogP contribution is 2.44. The highest BCUT2D eigenvalue weighted by Gasteiger charge is 2.43. The first-order valence-corrected chi connectivity index (χ1v) is 11.2. The van der Waals surface area contributed by atoms with Crippen molar-refractivity contribution in [2.24, 2.45) is 5.41 Å². The fraction of sp³-hybridized carbons (Fsp3) is 0.480. The number of carbonyl (C=O) groups is 2. The van der Waals surface area contributed by atoms with Crippen molar-refractivity contribution in [3.8, 4) is 0 Å². The Morgan fingerprint density at radius 2 is 1.90 bits per heavy atom. The third-order valence-electron chi connectivity index (χ3n) is 7.40. The van der Waals surface area contributed by atoms with Crippen LogP contribution in [0.25, 0.3) is 0 Å². The van der Waals surface area contributed by atoms with Crippen LogP contribution < -0.4 is 4.90 Å². The van der Waals surface area contributed by atoms with E-state index >= 15 is 0 Å². The van der Waals surface area contributed by atoms with Gasteiger partial charge in [-0.15, -0.1) is 0 Å². The van der Waals surface area contributed by atoms with E-state index in [0.29, 0.717) is 19.5 Å². The van der Waals surface area contributed by atoms with Gasteiger partial charge >= 0.3 is 0 Å². The van der Waals surface area contributed by atoms with Crippen molar-refractivity contribution in [3.63, 3.8) is 0 Å². The average Bonchev–Trinajstić information content (AvgIpc) is 3.29. The van der Waals surface area contributed by atoms with Gasteiger partial charge in [-0.1, -0.05) is 12.6 Å². The molecule has 1 amide bonds. The standard InChI is InChI=1S/C25H30N4O2/c1-16(2)29-23-20(15-26-29)13-25(14-22(23)30)7-9-28(10-8-25)24(31)19-6-5-18-11-17(3)27(4)21(18)12-19/h5-6,12,15-16H,3,7-11,13-14H2,1-2,4H3. The quantitative estimate of drug-likeness (QED) is 0.739. The fourth-order valence-electron chi connectivity index (χ4n) is 5.50. The molecule has 1 saturated heterocycles. The number of Topliss-reactive ketones (excluding diaryl/α,β-unsaturated/α-hetero) is 1. The van der Waals surface area contributed by atoms with Gasteiger partial charge in [-0.05, 0) is 56.2 Å². The molecule has 5 rings (SSSR count). The van der Waals surface area contributed by atoms with Gasteiger partial charge in [0.15, 0.2) is 5.78 Å². The number of likely N-dealkylation sites (N-methyl/N-ethyl adjacent to an activating group) is 1. The summed E-state index contributed by atoms with van der Waals surface area (Å²) in [5, 5.41) is 4.47. The molecule has 0 N–H and O–H groups in total. The molecule has 31 heavy (non-hydrogen) atoms. The van der Waals surface area contributed by atoms with E-state index in [4.69, 9.17) is 0 Å². The maximum Gasteiger partial charge on any atom is 0.253 e. The number of carbonyl (C=O) groups excluding carboxylic acids is 2. The number of likely N-dealkylation sites (tertiary alicyclic amines) is 1. The fourth-order valence-corrected chi connectivity index (χ4v) is 5.50. The minimum absolute atomic E-state index is 0.0401. The maximum absolute atomic E-state index is 13.2. The number of benzene rings is 1. The summed E-state index contributed by atoms with van der Waals surface area (Å²) in [5.74, 6) is 0.285. The second-order valence-electron chi connectivity index (χ2n) is 9.77. The number of hydrogen-bond donors (Lipinski definition) is 0. The summed E-state index contributed by atoms with van der Waals surface area (Å²) in [4.78, 5) is 30.2. The highest BCUT2D eigenvalue weighted by molar-refractivity contribution is 5.98. The number of amides is 1. The molecular formula is C25H30N4O2. The van der Waals surface area contributed by atoms with Gasteiger partial charge in [0.25, 0.3) is 5.91 Å². The Morgan fingerprint density at radius 3 is 2.61 bits per heavy atom. The van der Waals surface area contributed by atoms with Gasteiger partial charge in [0.05, 0.1) is 6.20 Å². The van der Waals surface area contributed by atoms with E-state index in [2.05, 4.69) is 36.5 Å². The zero-order valence-electron chi connectivity index (χ0n) is 18.6. The van der Waals surface area contributed by atoms with Crippen molar-refractivity contribution in [3.05, 3.63) is 59.1 Å². The summed E-state index contributed by atoms with van der Waals surface area (Å²) in [6.45, 7) is 9.59. The lowest BCUT2D eigenvalue weighted by atomic mass is 9.67. The molecule has 1 aromatic carbocycles. The first kappa shape index (κ1) is 20.0. The van der Waals surface area contributed by atoms with Gasteiger partial charge in [0.2, 0.25) is 0 Å². The zero-order valence-corrected chi connectivity index (χ0v) is 18.6. The number of nitrogens with zero attached hydrogens (tertiary/aromatic N) is 4. The zero-order chi connectivity index (χ0) is 21.9. The van der Waals surface area contributed by atoms with Crippen LogP contribution in [0.5, 0.6) is 0 Å². The van der Waals surface area contributed by atoms with Gasteiger partial charge in [0.1, 0.15) is 5.69 Å². The summed E-state index contributed by atoms with van der Waals surface area (Å²) >= 11 is 0. The van der Waals surface area contributed by atoms with E-state index in [1.165, 1.54) is 5.56 Å². The van der Waals surface area contributed by atoms with Crippen LogP contribution in [-0.2, 0) is 12.8 Å². The van der Waals surface area contributed by atoms with Crippen molar-refractivity contribution < 1.29 is 9.59 Å². The molecule has 0 atom stereocenters. The summed E-state index contributed by atoms with van der Waals surface area (Å²) in [7, 11) is 2.00. The van der Waals surface area contributed by atoms with Crippen molar-refractivity contribution in [2.75, 3.05) is 25.0 Å². The normalized spacial score (nSPS) is 19.9. The Morgan fingerprint density at radius 1 is 1.16 bits per heavy atom. The van der Waals surface area contributed by atoms with Crippen LogP contribution in [0.15, 0.2) is 36.7 Å². The van der Waals surface area contributed by atoms with Crippen LogP contribution in [0.2, 0.25) is 0 Å². The summed E-state index contributed by atoms with van der Waals surface area (Å²) < 4.78 is 1.86. The van der Waals surface area contributed by atoms with Crippen molar-refractivity contribution >= 4 is 17.4 Å². The Labute approximate surface area is 183 Å². The molecule has 1 aliphatic carbocycles. The molecule has 0 saturated carbocycles. The van der Waals surface area contributed by atoms with Crippen LogP contribution in [0.3, 0.4) is 0 Å². The summed E-state index contributed by atoms with van der Waals surface area (Å²) in [6, 6.07) is 6.17. The SMILES string of the molecule is C=C1Cc2ccc(C(=O)N3CCC4(CC3)CC(=O)c3c(cnn3C(C)C)C4)cc2N1C. The monoisotopic (exact) mass is 418 g/mol. The largest absolute Gasteiger partial charge is 0.348 e. The Kier molecular flexibility index (Phi) is 4.57. The molecule has 2 aliphatic heterocycles. The van der Waals surface area contributed by atoms with Crippen LogP contribution in [0.1, 0.15) is 71.1 Å². The molecule has 3 heterocycles. The van der Waals surface area contributed by atoms with Crippen molar-refractivity contribution in [1.82, 2.24) is 14.7 Å². The third-order valence-corrected chi connectivity index (χ3v) is 7.40. The lowest BCUT2D eigenvalue weighted by Gasteiger charge is -2.43. The number of anilines is 1. The molecule has 2 aromatic rings. The number of aromatic nitrogens is 2. The number of ketones is 1. The topological polar surface area (TPSA) is 58.4 Å². The van der Waals surface area contributed by atoms with Crippen molar-refractivity contribution in [2.45, 2.75) is 52.0 Å². The molecule has 6 nitrogen and oxygen atoms in total. The molecule has 3 aliphatic rings. The molecule has 0 radical (unpaired) electrons. The molecule has 1 aromatic heterocycles. The second-order valence-corrected chi connectivity index (χ2v) is 9.77. The Bertz CT molecular complexity index is 1090. The number of allylic oxidation sites excluding steroid dienone is 1. The first-order chi connectivity index (χ1) is 14.8. The van der Waals surface area contributed by atoms with E-state index in [-0.39, 0.29) is 23.1 Å². The summed E-state index contributed by atoms with van der Waals surface area (Å²) in [6.07, 6.45) is 5.88. The number of piperidine rings is 1. The first-order valence-electron chi connectivity index (χ1n) is 11.2. The van der Waals surface area contributed by atoms with Crippen molar-refractivity contribution in [1.29, 1.82) is 0 Å². The van der Waals surface area contributed by atoms with Crippen LogP contribution >= 0.6 is 0 Å². The Balaban J connectivity index is 1.30. The van der Waals surface area contributed by atoms with E-state index in [0.717, 1.165) is 53.9 Å². The lowest BCUT2D eigenvalue weighted by molar-refractivity contribution is 0.0517. The van der Waals surface area contributed by atoms with E-state index in [9.17, 15) is 9.59 Å². The van der Waals surface area contributed by atoms with Crippen LogP contribution in [0.4, 0.5) is 5.69 Å². The molecular weight excluding hydrogens is 388 g/mol. The van der Waals surface area contributed by atoms with E-state index < -0.39 is 0 Å². The number of fused-ring (bicyclic) bond motifs is 2. The highest BCUT2D eigenvalue weighted by atomic mass is 16.2. The molecule has 6 heteroatoms. The molecule has 162 valence electrons. The van der Waals surface area contributed by atoms with Gasteiger partial charge < -0.3 is 9.80 Å². The Hall–Kier alpha value is -2.89. The van der Waals surface area contributed by atoms with Crippen LogP contribution in [0, 0.1) is 5.41 Å². The minimum atomic E-state index is -0.0401. The number of rotatable bonds is 2. The van der Waals surface area contributed by atoms with E-state index in [1.807, 2.05) is 35.0 Å². The van der Waals surface area contributed by atoms with E-state index in [1.54, 1.807) is 0 Å². The predicted molar refractivity (Wildman–Crippen MR) is 121 cm³/mol. The van der Waals surface area contributed by atoms with Gasteiger partial charge in [-0.25, -0.2) is 0 Å². The third kappa shape index (κ3) is 3.20. The van der Waals surface area contributed by atoms with Gasteiger partial charge in [-0.3, -0.25) is 14.3 Å². The average molecular weight is 419 g/mol. The minimum Gasteiger partial charge on any atom is -0.348 e. The van der Waals surface area contributed by atoms with Gasteiger partial charge in [0, 0.05) is 61.5 Å².